The minimum Gasteiger partial charge on any atom is -0.327 e. The maximum absolute atomic E-state index is 12.4. The topological polar surface area (TPSA) is 55.1 Å². The van der Waals surface area contributed by atoms with Crippen LogP contribution in [0.2, 0.25) is 0 Å². The van der Waals surface area contributed by atoms with Gasteiger partial charge < -0.3 is 11.1 Å². The van der Waals surface area contributed by atoms with E-state index in [2.05, 4.69) is 21.2 Å². The third-order valence-corrected chi connectivity index (χ3v) is 5.58. The number of amides is 1. The molecule has 2 aliphatic rings. The lowest BCUT2D eigenvalue weighted by Crippen LogP contribution is -2.42. The van der Waals surface area contributed by atoms with Crippen molar-refractivity contribution in [3.63, 3.8) is 0 Å². The van der Waals surface area contributed by atoms with Crippen molar-refractivity contribution in [3.05, 3.63) is 28.2 Å². The number of fused-ring (bicyclic) bond motifs is 2. The summed E-state index contributed by atoms with van der Waals surface area (Å²) in [6.07, 6.45) is 3.50. The van der Waals surface area contributed by atoms with E-state index >= 15 is 0 Å². The van der Waals surface area contributed by atoms with Gasteiger partial charge in [-0.3, -0.25) is 4.79 Å². The Balaban J connectivity index is 1.73. The molecule has 2 saturated carbocycles. The number of hydrogen-bond acceptors (Lipinski definition) is 2. The number of nitrogens with one attached hydrogen (secondary N) is 1. The Bertz CT molecular complexity index is 515. The molecule has 102 valence electrons. The monoisotopic (exact) mass is 322 g/mol. The average molecular weight is 323 g/mol. The van der Waals surface area contributed by atoms with E-state index in [4.69, 9.17) is 5.73 Å². The summed E-state index contributed by atoms with van der Waals surface area (Å²) in [4.78, 5) is 12.4. The minimum absolute atomic E-state index is 0.00108. The molecule has 3 nitrogen and oxygen atoms in total. The van der Waals surface area contributed by atoms with Gasteiger partial charge >= 0.3 is 0 Å². The summed E-state index contributed by atoms with van der Waals surface area (Å²) in [7, 11) is 0. The Hall–Kier alpha value is -0.870. The van der Waals surface area contributed by atoms with E-state index in [1.165, 1.54) is 6.42 Å². The first-order valence-corrected chi connectivity index (χ1v) is 7.68. The van der Waals surface area contributed by atoms with Gasteiger partial charge in [-0.05, 0) is 55.7 Å². The Labute approximate surface area is 122 Å². The zero-order valence-corrected chi connectivity index (χ0v) is 12.6. The summed E-state index contributed by atoms with van der Waals surface area (Å²) in [5.74, 6) is 1.15. The SMILES string of the molecule is Cc1ccc(NC(=O)C2C3CCC(C3)C2N)cc1Br. The number of hydrogen-bond donors (Lipinski definition) is 2. The number of benzene rings is 1. The van der Waals surface area contributed by atoms with Crippen LogP contribution < -0.4 is 11.1 Å². The summed E-state index contributed by atoms with van der Waals surface area (Å²) in [5.41, 5.74) is 8.21. The first-order chi connectivity index (χ1) is 9.06. The van der Waals surface area contributed by atoms with Gasteiger partial charge in [-0.2, -0.15) is 0 Å². The first-order valence-electron chi connectivity index (χ1n) is 6.89. The van der Waals surface area contributed by atoms with E-state index in [0.29, 0.717) is 11.8 Å². The molecule has 0 heterocycles. The molecule has 1 amide bonds. The number of carbonyl (C=O) groups is 1. The maximum atomic E-state index is 12.4. The number of anilines is 1. The van der Waals surface area contributed by atoms with Crippen LogP contribution in [-0.2, 0) is 4.79 Å². The highest BCUT2D eigenvalue weighted by atomic mass is 79.9. The van der Waals surface area contributed by atoms with Gasteiger partial charge in [-0.1, -0.05) is 22.0 Å². The molecule has 0 aromatic heterocycles. The van der Waals surface area contributed by atoms with E-state index in [1.807, 2.05) is 25.1 Å². The molecule has 4 heteroatoms. The fraction of sp³-hybridized carbons (Fsp3) is 0.533. The molecule has 0 aliphatic heterocycles. The number of halogens is 1. The van der Waals surface area contributed by atoms with Crippen LogP contribution in [0.1, 0.15) is 24.8 Å². The molecule has 3 rings (SSSR count). The molecule has 0 saturated heterocycles. The molecule has 2 fully saturated rings. The molecule has 1 aromatic carbocycles. The predicted octanol–water partition coefficient (Wildman–Crippen LogP) is 3.07. The van der Waals surface area contributed by atoms with E-state index in [-0.39, 0.29) is 17.9 Å². The van der Waals surface area contributed by atoms with Gasteiger partial charge in [0.15, 0.2) is 0 Å². The van der Waals surface area contributed by atoms with Gasteiger partial charge in [0.25, 0.3) is 0 Å². The van der Waals surface area contributed by atoms with Crippen LogP contribution in [-0.4, -0.2) is 11.9 Å². The summed E-state index contributed by atoms with van der Waals surface area (Å²) in [6.45, 7) is 2.03. The standard InChI is InChI=1S/C15H19BrN2O/c1-8-2-5-11(7-12(8)16)18-15(19)13-9-3-4-10(6-9)14(13)17/h2,5,7,9-10,13-14H,3-4,6,17H2,1H3,(H,18,19). The van der Waals surface area contributed by atoms with Crippen LogP contribution in [0.15, 0.2) is 22.7 Å². The summed E-state index contributed by atoms with van der Waals surface area (Å²) in [5, 5.41) is 3.02. The zero-order chi connectivity index (χ0) is 13.6. The third-order valence-electron chi connectivity index (χ3n) is 4.72. The van der Waals surface area contributed by atoms with Gasteiger partial charge in [0, 0.05) is 16.2 Å². The Morgan fingerprint density at radius 1 is 1.37 bits per heavy atom. The fourth-order valence-corrected chi connectivity index (χ4v) is 4.00. The lowest BCUT2D eigenvalue weighted by molar-refractivity contribution is -0.121. The molecule has 0 radical (unpaired) electrons. The lowest BCUT2D eigenvalue weighted by atomic mass is 9.84. The van der Waals surface area contributed by atoms with Gasteiger partial charge in [-0.25, -0.2) is 0 Å². The van der Waals surface area contributed by atoms with Crippen molar-refractivity contribution in [2.24, 2.45) is 23.5 Å². The van der Waals surface area contributed by atoms with Crippen molar-refractivity contribution < 1.29 is 4.79 Å². The molecule has 3 N–H and O–H groups in total. The highest BCUT2D eigenvalue weighted by Crippen LogP contribution is 2.47. The molecule has 0 spiro atoms. The first kappa shape index (κ1) is 13.1. The Morgan fingerprint density at radius 3 is 2.74 bits per heavy atom. The maximum Gasteiger partial charge on any atom is 0.229 e. The van der Waals surface area contributed by atoms with E-state index in [0.717, 1.165) is 28.6 Å². The van der Waals surface area contributed by atoms with E-state index in [9.17, 15) is 4.79 Å². The quantitative estimate of drug-likeness (QED) is 0.879. The molecule has 4 unspecified atom stereocenters. The molecule has 1 aromatic rings. The molecular weight excluding hydrogens is 304 g/mol. The second-order valence-corrected chi connectivity index (χ2v) is 6.74. The number of rotatable bonds is 2. The number of aryl methyl sites for hydroxylation is 1. The molecule has 2 aliphatic carbocycles. The van der Waals surface area contributed by atoms with Gasteiger partial charge in [-0.15, -0.1) is 0 Å². The van der Waals surface area contributed by atoms with Gasteiger partial charge in [0.1, 0.15) is 0 Å². The van der Waals surface area contributed by atoms with Crippen LogP contribution in [0.4, 0.5) is 5.69 Å². The number of nitrogens with two attached hydrogens (primary N) is 1. The van der Waals surface area contributed by atoms with Crippen molar-refractivity contribution in [2.45, 2.75) is 32.2 Å². The smallest absolute Gasteiger partial charge is 0.229 e. The van der Waals surface area contributed by atoms with Crippen LogP contribution in [0, 0.1) is 24.7 Å². The second kappa shape index (κ2) is 4.91. The predicted molar refractivity (Wildman–Crippen MR) is 79.8 cm³/mol. The largest absolute Gasteiger partial charge is 0.327 e. The minimum atomic E-state index is -0.00108. The average Bonchev–Trinajstić information content (AvgIpc) is 2.94. The normalized spacial score (nSPS) is 32.6. The highest BCUT2D eigenvalue weighted by molar-refractivity contribution is 9.10. The zero-order valence-electron chi connectivity index (χ0n) is 11.0. The highest BCUT2D eigenvalue weighted by Gasteiger charge is 2.49. The summed E-state index contributed by atoms with van der Waals surface area (Å²) >= 11 is 3.49. The second-order valence-electron chi connectivity index (χ2n) is 5.89. The summed E-state index contributed by atoms with van der Waals surface area (Å²) in [6, 6.07) is 5.94. The fourth-order valence-electron chi connectivity index (χ4n) is 3.62. The van der Waals surface area contributed by atoms with Crippen LogP contribution >= 0.6 is 15.9 Å². The van der Waals surface area contributed by atoms with Gasteiger partial charge in [0.05, 0.1) is 5.92 Å². The third kappa shape index (κ3) is 2.32. The van der Waals surface area contributed by atoms with Crippen LogP contribution in [0.5, 0.6) is 0 Å². The summed E-state index contributed by atoms with van der Waals surface area (Å²) < 4.78 is 1.02. The van der Waals surface area contributed by atoms with Crippen molar-refractivity contribution in [1.29, 1.82) is 0 Å². The van der Waals surface area contributed by atoms with Crippen molar-refractivity contribution in [3.8, 4) is 0 Å². The van der Waals surface area contributed by atoms with Crippen LogP contribution in [0.3, 0.4) is 0 Å². The van der Waals surface area contributed by atoms with Crippen LogP contribution in [0.25, 0.3) is 0 Å². The van der Waals surface area contributed by atoms with Gasteiger partial charge in [0.2, 0.25) is 5.91 Å². The van der Waals surface area contributed by atoms with E-state index in [1.54, 1.807) is 0 Å². The van der Waals surface area contributed by atoms with Crippen molar-refractivity contribution in [1.82, 2.24) is 0 Å². The molecule has 4 atom stereocenters. The van der Waals surface area contributed by atoms with E-state index < -0.39 is 0 Å². The lowest BCUT2D eigenvalue weighted by Gasteiger charge is -2.27. The number of carbonyl (C=O) groups excluding carboxylic acids is 1. The Kier molecular flexibility index (Phi) is 3.39. The Morgan fingerprint density at radius 2 is 2.11 bits per heavy atom. The molecule has 2 bridgehead atoms. The molecular formula is C15H19BrN2O. The van der Waals surface area contributed by atoms with Crippen molar-refractivity contribution in [2.75, 3.05) is 5.32 Å². The molecule has 19 heavy (non-hydrogen) atoms. The van der Waals surface area contributed by atoms with Crippen molar-refractivity contribution >= 4 is 27.5 Å².